The molecule has 0 fully saturated rings. The number of hydrogen-bond donors (Lipinski definition) is 2. The molecule has 0 atom stereocenters. The summed E-state index contributed by atoms with van der Waals surface area (Å²) in [6.45, 7) is 3.70. The topological polar surface area (TPSA) is 118 Å². The summed E-state index contributed by atoms with van der Waals surface area (Å²) in [5, 5.41) is 21.6. The van der Waals surface area contributed by atoms with Crippen LogP contribution in [0.15, 0.2) is 44.0 Å². The van der Waals surface area contributed by atoms with Crippen LogP contribution in [0.2, 0.25) is 0 Å². The van der Waals surface area contributed by atoms with Crippen molar-refractivity contribution in [2.24, 2.45) is 5.10 Å². The summed E-state index contributed by atoms with van der Waals surface area (Å²) in [5.74, 6) is -0.504. The number of H-pyrrole nitrogens is 1. The molecular formula is C15H13BrN6O3. The normalized spacial score (nSPS) is 11.3. The van der Waals surface area contributed by atoms with Crippen LogP contribution in [0.1, 0.15) is 16.7 Å². The molecule has 9 nitrogen and oxygen atoms in total. The van der Waals surface area contributed by atoms with Crippen molar-refractivity contribution in [2.75, 3.05) is 0 Å². The minimum Gasteiger partial charge on any atom is -0.493 e. The lowest BCUT2D eigenvalue weighted by Gasteiger charge is -2.14. The van der Waals surface area contributed by atoms with Crippen molar-refractivity contribution < 1.29 is 5.11 Å². The van der Waals surface area contributed by atoms with E-state index in [1.807, 2.05) is 13.8 Å². The van der Waals surface area contributed by atoms with E-state index in [9.17, 15) is 14.7 Å². The van der Waals surface area contributed by atoms with Gasteiger partial charge in [-0.1, -0.05) is 15.9 Å². The van der Waals surface area contributed by atoms with Gasteiger partial charge in [0.25, 0.3) is 5.56 Å². The van der Waals surface area contributed by atoms with Crippen LogP contribution in [-0.4, -0.2) is 35.7 Å². The van der Waals surface area contributed by atoms with Gasteiger partial charge in [-0.15, -0.1) is 10.2 Å². The zero-order valence-corrected chi connectivity index (χ0v) is 14.9. The Morgan fingerprint density at radius 3 is 2.56 bits per heavy atom. The Morgan fingerprint density at radius 1 is 1.20 bits per heavy atom. The fourth-order valence-electron chi connectivity index (χ4n) is 2.27. The summed E-state index contributed by atoms with van der Waals surface area (Å²) in [5.41, 5.74) is 0.498. The zero-order chi connectivity index (χ0) is 18.1. The molecule has 0 bridgehead atoms. The van der Waals surface area contributed by atoms with Crippen molar-refractivity contribution in [1.82, 2.24) is 24.4 Å². The number of benzene rings is 1. The smallest absolute Gasteiger partial charge is 0.335 e. The maximum absolute atomic E-state index is 12.3. The maximum atomic E-state index is 12.3. The molecule has 2 heterocycles. The van der Waals surface area contributed by atoms with E-state index in [0.29, 0.717) is 5.69 Å². The van der Waals surface area contributed by atoms with E-state index in [0.717, 1.165) is 26.4 Å². The number of hydrogen-bond acceptors (Lipinski definition) is 6. The van der Waals surface area contributed by atoms with Gasteiger partial charge in [0.1, 0.15) is 18.2 Å². The van der Waals surface area contributed by atoms with Gasteiger partial charge in [0.2, 0.25) is 5.88 Å². The Bertz CT molecular complexity index is 1080. The molecule has 0 unspecified atom stereocenters. The number of aromatic hydroxyl groups is 1. The molecule has 128 valence electrons. The lowest BCUT2D eigenvalue weighted by molar-refractivity contribution is 0.429. The molecule has 0 aliphatic carbocycles. The minimum atomic E-state index is -0.748. The van der Waals surface area contributed by atoms with E-state index < -0.39 is 17.1 Å². The highest BCUT2D eigenvalue weighted by atomic mass is 79.9. The van der Waals surface area contributed by atoms with Crippen molar-refractivity contribution in [1.29, 1.82) is 0 Å². The van der Waals surface area contributed by atoms with Crippen molar-refractivity contribution in [3.05, 3.63) is 66.8 Å². The first-order chi connectivity index (χ1) is 11.9. The van der Waals surface area contributed by atoms with Crippen molar-refractivity contribution in [2.45, 2.75) is 13.8 Å². The van der Waals surface area contributed by atoms with Crippen LogP contribution < -0.4 is 11.2 Å². The highest BCUT2D eigenvalue weighted by Crippen LogP contribution is 2.26. The largest absolute Gasteiger partial charge is 0.493 e. The second-order valence-electron chi connectivity index (χ2n) is 5.23. The molecule has 0 aliphatic heterocycles. The monoisotopic (exact) mass is 404 g/mol. The molecule has 1 aromatic carbocycles. The highest BCUT2D eigenvalue weighted by molar-refractivity contribution is 9.10. The molecule has 25 heavy (non-hydrogen) atoms. The summed E-state index contributed by atoms with van der Waals surface area (Å²) in [7, 11) is 0. The van der Waals surface area contributed by atoms with Crippen LogP contribution in [-0.2, 0) is 0 Å². The predicted molar refractivity (Wildman–Crippen MR) is 94.5 cm³/mol. The minimum absolute atomic E-state index is 0.159. The average molecular weight is 405 g/mol. The van der Waals surface area contributed by atoms with Crippen LogP contribution in [0.3, 0.4) is 0 Å². The number of rotatable bonds is 3. The maximum Gasteiger partial charge on any atom is 0.335 e. The summed E-state index contributed by atoms with van der Waals surface area (Å²) in [4.78, 5) is 26.5. The molecule has 3 aromatic rings. The standard InChI is InChI=1S/C15H13BrN6O3/c1-8-9(2)12(4-3-11(8)16)22-14(24)10(13(23)20-15(22)25)5-19-21-6-17-18-7-21/h3-7,24H,1-2H3,(H,20,23,25). The number of nitrogens with one attached hydrogen (secondary N) is 1. The summed E-state index contributed by atoms with van der Waals surface area (Å²) >= 11 is 3.42. The number of nitrogens with zero attached hydrogens (tertiary/aromatic N) is 5. The van der Waals surface area contributed by atoms with Crippen molar-refractivity contribution in [3.8, 4) is 11.6 Å². The zero-order valence-electron chi connectivity index (χ0n) is 13.3. The Morgan fingerprint density at radius 2 is 1.88 bits per heavy atom. The molecule has 2 N–H and O–H groups in total. The first-order valence-corrected chi connectivity index (χ1v) is 7.93. The van der Waals surface area contributed by atoms with Gasteiger partial charge in [-0.3, -0.25) is 9.78 Å². The third-order valence-electron chi connectivity index (χ3n) is 3.78. The molecule has 0 spiro atoms. The number of aromatic amines is 1. The van der Waals surface area contributed by atoms with E-state index in [2.05, 4.69) is 36.2 Å². The fraction of sp³-hybridized carbons (Fsp3) is 0.133. The Kier molecular flexibility index (Phi) is 4.36. The van der Waals surface area contributed by atoms with Crippen LogP contribution in [0, 0.1) is 13.8 Å². The highest BCUT2D eigenvalue weighted by Gasteiger charge is 2.17. The van der Waals surface area contributed by atoms with Gasteiger partial charge in [0.05, 0.1) is 11.9 Å². The predicted octanol–water partition coefficient (Wildman–Crippen LogP) is 1.08. The van der Waals surface area contributed by atoms with Crippen LogP contribution in [0.5, 0.6) is 5.88 Å². The fourth-order valence-corrected chi connectivity index (χ4v) is 2.70. The molecule has 0 saturated carbocycles. The second kappa shape index (κ2) is 6.48. The Hall–Kier alpha value is -3.01. The van der Waals surface area contributed by atoms with E-state index >= 15 is 0 Å². The molecule has 0 amide bonds. The van der Waals surface area contributed by atoms with E-state index in [4.69, 9.17) is 0 Å². The molecule has 0 aliphatic rings. The molecular weight excluding hydrogens is 392 g/mol. The van der Waals surface area contributed by atoms with Crippen LogP contribution in [0.25, 0.3) is 5.69 Å². The summed E-state index contributed by atoms with van der Waals surface area (Å²) in [6, 6.07) is 3.44. The Balaban J connectivity index is 2.22. The molecule has 3 rings (SSSR count). The summed E-state index contributed by atoms with van der Waals surface area (Å²) in [6.07, 6.45) is 3.77. The third-order valence-corrected chi connectivity index (χ3v) is 4.64. The van der Waals surface area contributed by atoms with Gasteiger partial charge in [-0.05, 0) is 37.1 Å². The van der Waals surface area contributed by atoms with Crippen LogP contribution >= 0.6 is 15.9 Å². The van der Waals surface area contributed by atoms with E-state index in [-0.39, 0.29) is 5.56 Å². The van der Waals surface area contributed by atoms with E-state index in [1.54, 1.807) is 12.1 Å². The van der Waals surface area contributed by atoms with Gasteiger partial charge in [0.15, 0.2) is 0 Å². The van der Waals surface area contributed by atoms with Gasteiger partial charge < -0.3 is 5.11 Å². The molecule has 2 aromatic heterocycles. The van der Waals surface area contributed by atoms with Gasteiger partial charge in [-0.2, -0.15) is 5.10 Å². The number of halogens is 1. The Labute approximate surface area is 149 Å². The van der Waals surface area contributed by atoms with Crippen molar-refractivity contribution in [3.63, 3.8) is 0 Å². The SMILES string of the molecule is Cc1c(Br)ccc(-n2c(O)c(C=Nn3cnnc3)c(=O)[nH]c2=O)c1C. The van der Waals surface area contributed by atoms with Crippen LogP contribution in [0.4, 0.5) is 0 Å². The first kappa shape index (κ1) is 16.8. The lowest BCUT2D eigenvalue weighted by Crippen LogP contribution is -2.31. The first-order valence-electron chi connectivity index (χ1n) is 7.13. The van der Waals surface area contributed by atoms with Gasteiger partial charge >= 0.3 is 5.69 Å². The van der Waals surface area contributed by atoms with Gasteiger partial charge in [0, 0.05) is 4.47 Å². The molecule has 0 saturated heterocycles. The lowest BCUT2D eigenvalue weighted by atomic mass is 10.1. The van der Waals surface area contributed by atoms with Crippen molar-refractivity contribution >= 4 is 22.1 Å². The molecule has 0 radical (unpaired) electrons. The third kappa shape index (κ3) is 3.03. The second-order valence-corrected chi connectivity index (χ2v) is 6.09. The van der Waals surface area contributed by atoms with Gasteiger partial charge in [-0.25, -0.2) is 14.0 Å². The average Bonchev–Trinajstić information content (AvgIpc) is 3.07. The molecule has 10 heteroatoms. The van der Waals surface area contributed by atoms with E-state index in [1.165, 1.54) is 17.3 Å². The summed E-state index contributed by atoms with van der Waals surface area (Å²) < 4.78 is 3.16. The number of aromatic nitrogens is 5. The quantitative estimate of drug-likeness (QED) is 0.633.